The van der Waals surface area contributed by atoms with Gasteiger partial charge in [-0.1, -0.05) is 6.07 Å². The molecule has 1 heterocycles. The number of methoxy groups -OCH3 is 1. The molecule has 0 spiro atoms. The predicted octanol–water partition coefficient (Wildman–Crippen LogP) is 3.63. The van der Waals surface area contributed by atoms with Crippen molar-refractivity contribution in [2.24, 2.45) is 0 Å². The van der Waals surface area contributed by atoms with Crippen molar-refractivity contribution in [2.45, 2.75) is 10.6 Å². The third-order valence-corrected chi connectivity index (χ3v) is 4.30. The van der Waals surface area contributed by atoms with Crippen LogP contribution in [-0.2, 0) is 5.75 Å². The van der Waals surface area contributed by atoms with Gasteiger partial charge in [-0.3, -0.25) is 0 Å². The van der Waals surface area contributed by atoms with Crippen LogP contribution in [0.4, 0.5) is 5.69 Å². The molecular formula is C12H13NOS2. The standard InChI is InChI=1S/C12H13NOS2/c1-14-11-7-9(13)4-5-12(11)16-8-10-3-2-6-15-10/h2-7H,8,13H2,1H3. The van der Waals surface area contributed by atoms with E-state index in [2.05, 4.69) is 17.5 Å². The lowest BCUT2D eigenvalue weighted by Crippen LogP contribution is -1.90. The Morgan fingerprint density at radius 1 is 1.38 bits per heavy atom. The fourth-order valence-corrected chi connectivity index (χ4v) is 3.13. The summed E-state index contributed by atoms with van der Waals surface area (Å²) < 4.78 is 5.30. The first kappa shape index (κ1) is 11.4. The average molecular weight is 251 g/mol. The van der Waals surface area contributed by atoms with Gasteiger partial charge < -0.3 is 10.5 Å². The molecule has 0 aliphatic rings. The zero-order valence-corrected chi connectivity index (χ0v) is 10.6. The molecule has 0 aliphatic carbocycles. The van der Waals surface area contributed by atoms with Crippen LogP contribution in [0.5, 0.6) is 5.75 Å². The fraction of sp³-hybridized carbons (Fsp3) is 0.167. The van der Waals surface area contributed by atoms with Crippen molar-refractivity contribution in [2.75, 3.05) is 12.8 Å². The third-order valence-electron chi connectivity index (χ3n) is 2.14. The minimum atomic E-state index is 0.734. The molecule has 0 amide bonds. The van der Waals surface area contributed by atoms with Gasteiger partial charge in [0.05, 0.1) is 7.11 Å². The van der Waals surface area contributed by atoms with Crippen molar-refractivity contribution < 1.29 is 4.74 Å². The number of nitrogens with two attached hydrogens (primary N) is 1. The smallest absolute Gasteiger partial charge is 0.134 e. The second-order valence-electron chi connectivity index (χ2n) is 3.28. The van der Waals surface area contributed by atoms with Gasteiger partial charge in [-0.2, -0.15) is 0 Å². The number of hydrogen-bond donors (Lipinski definition) is 1. The Hall–Kier alpha value is -1.13. The van der Waals surface area contributed by atoms with Crippen LogP contribution in [0.2, 0.25) is 0 Å². The molecule has 1 aromatic carbocycles. The van der Waals surface area contributed by atoms with Crippen LogP contribution in [0, 0.1) is 0 Å². The number of thiophene rings is 1. The topological polar surface area (TPSA) is 35.2 Å². The van der Waals surface area contributed by atoms with Crippen molar-refractivity contribution >= 4 is 28.8 Å². The summed E-state index contributed by atoms with van der Waals surface area (Å²) >= 11 is 3.54. The van der Waals surface area contributed by atoms with E-state index >= 15 is 0 Å². The second-order valence-corrected chi connectivity index (χ2v) is 5.33. The summed E-state index contributed by atoms with van der Waals surface area (Å²) in [4.78, 5) is 2.49. The molecule has 2 aromatic rings. The van der Waals surface area contributed by atoms with Crippen molar-refractivity contribution in [3.63, 3.8) is 0 Å². The van der Waals surface area contributed by atoms with Gasteiger partial charge in [0.1, 0.15) is 5.75 Å². The van der Waals surface area contributed by atoms with Gasteiger partial charge in [0.15, 0.2) is 0 Å². The Bertz CT molecular complexity index is 454. The molecule has 0 radical (unpaired) electrons. The maximum Gasteiger partial charge on any atom is 0.134 e. The molecule has 0 fully saturated rings. The SMILES string of the molecule is COc1cc(N)ccc1SCc1cccs1. The Balaban J connectivity index is 2.09. The van der Waals surface area contributed by atoms with E-state index < -0.39 is 0 Å². The molecule has 0 saturated carbocycles. The molecule has 0 aliphatic heterocycles. The van der Waals surface area contributed by atoms with Crippen molar-refractivity contribution in [3.8, 4) is 5.75 Å². The molecule has 0 unspecified atom stereocenters. The number of thioether (sulfide) groups is 1. The van der Waals surface area contributed by atoms with Crippen LogP contribution in [0.15, 0.2) is 40.6 Å². The fourth-order valence-electron chi connectivity index (χ4n) is 1.35. The molecule has 2 N–H and O–H groups in total. The van der Waals surface area contributed by atoms with E-state index in [-0.39, 0.29) is 0 Å². The number of ether oxygens (including phenoxy) is 1. The van der Waals surface area contributed by atoms with Gasteiger partial charge in [-0.05, 0) is 23.6 Å². The summed E-state index contributed by atoms with van der Waals surface area (Å²) in [6, 6.07) is 9.98. The predicted molar refractivity (Wildman–Crippen MR) is 71.3 cm³/mol. The lowest BCUT2D eigenvalue weighted by molar-refractivity contribution is 0.405. The Morgan fingerprint density at radius 2 is 2.25 bits per heavy atom. The molecule has 2 nitrogen and oxygen atoms in total. The number of benzene rings is 1. The van der Waals surface area contributed by atoms with Gasteiger partial charge in [0, 0.05) is 27.3 Å². The van der Waals surface area contributed by atoms with Gasteiger partial charge >= 0.3 is 0 Å². The maximum atomic E-state index is 5.71. The van der Waals surface area contributed by atoms with Gasteiger partial charge in [0.2, 0.25) is 0 Å². The van der Waals surface area contributed by atoms with E-state index in [0.29, 0.717) is 0 Å². The number of nitrogen functional groups attached to an aromatic ring is 1. The highest BCUT2D eigenvalue weighted by Crippen LogP contribution is 2.33. The van der Waals surface area contributed by atoms with Crippen LogP contribution >= 0.6 is 23.1 Å². The van der Waals surface area contributed by atoms with Crippen LogP contribution in [0.3, 0.4) is 0 Å². The summed E-state index contributed by atoms with van der Waals surface area (Å²) in [6.07, 6.45) is 0. The lowest BCUT2D eigenvalue weighted by Gasteiger charge is -2.08. The summed E-state index contributed by atoms with van der Waals surface area (Å²) in [5, 5.41) is 2.09. The molecule has 1 aromatic heterocycles. The summed E-state index contributed by atoms with van der Waals surface area (Å²) in [5.74, 6) is 1.82. The Kier molecular flexibility index (Phi) is 3.74. The molecule has 2 rings (SSSR count). The van der Waals surface area contributed by atoms with Crippen molar-refractivity contribution in [1.29, 1.82) is 0 Å². The van der Waals surface area contributed by atoms with Crippen LogP contribution in [-0.4, -0.2) is 7.11 Å². The first-order chi connectivity index (χ1) is 7.79. The largest absolute Gasteiger partial charge is 0.496 e. The zero-order chi connectivity index (χ0) is 11.4. The number of anilines is 1. The molecule has 4 heteroatoms. The van der Waals surface area contributed by atoms with Gasteiger partial charge in [-0.15, -0.1) is 23.1 Å². The van der Waals surface area contributed by atoms with Crippen LogP contribution in [0.1, 0.15) is 4.88 Å². The first-order valence-electron chi connectivity index (χ1n) is 4.88. The van der Waals surface area contributed by atoms with Crippen molar-refractivity contribution in [3.05, 3.63) is 40.6 Å². The molecule has 84 valence electrons. The minimum absolute atomic E-state index is 0.734. The van der Waals surface area contributed by atoms with Crippen LogP contribution < -0.4 is 10.5 Å². The van der Waals surface area contributed by atoms with Crippen molar-refractivity contribution in [1.82, 2.24) is 0 Å². The van der Waals surface area contributed by atoms with Crippen LogP contribution in [0.25, 0.3) is 0 Å². The van der Waals surface area contributed by atoms with E-state index in [1.807, 2.05) is 18.2 Å². The van der Waals surface area contributed by atoms with E-state index in [9.17, 15) is 0 Å². The third kappa shape index (κ3) is 2.71. The zero-order valence-electron chi connectivity index (χ0n) is 8.97. The lowest BCUT2D eigenvalue weighted by atomic mass is 10.3. The molecule has 0 bridgehead atoms. The normalized spacial score (nSPS) is 10.3. The highest BCUT2D eigenvalue weighted by atomic mass is 32.2. The average Bonchev–Trinajstić information content (AvgIpc) is 2.80. The maximum absolute atomic E-state index is 5.71. The van der Waals surface area contributed by atoms with E-state index in [0.717, 1.165) is 22.1 Å². The highest BCUT2D eigenvalue weighted by molar-refractivity contribution is 7.98. The molecule has 0 saturated heterocycles. The quantitative estimate of drug-likeness (QED) is 0.665. The monoisotopic (exact) mass is 251 g/mol. The molecule has 0 atom stereocenters. The summed E-state index contributed by atoms with van der Waals surface area (Å²) in [5.41, 5.74) is 6.44. The summed E-state index contributed by atoms with van der Waals surface area (Å²) in [7, 11) is 1.67. The first-order valence-corrected chi connectivity index (χ1v) is 6.75. The highest BCUT2D eigenvalue weighted by Gasteiger charge is 2.04. The number of rotatable bonds is 4. The Labute approximate surface area is 103 Å². The van der Waals surface area contributed by atoms with E-state index in [4.69, 9.17) is 10.5 Å². The molecular weight excluding hydrogens is 238 g/mol. The minimum Gasteiger partial charge on any atom is -0.496 e. The van der Waals surface area contributed by atoms with Gasteiger partial charge in [-0.25, -0.2) is 0 Å². The van der Waals surface area contributed by atoms with Gasteiger partial charge in [0.25, 0.3) is 0 Å². The summed E-state index contributed by atoms with van der Waals surface area (Å²) in [6.45, 7) is 0. The molecule has 16 heavy (non-hydrogen) atoms. The second kappa shape index (κ2) is 5.27. The Morgan fingerprint density at radius 3 is 2.94 bits per heavy atom. The van der Waals surface area contributed by atoms with E-state index in [1.165, 1.54) is 4.88 Å². The van der Waals surface area contributed by atoms with E-state index in [1.54, 1.807) is 30.2 Å². The number of hydrogen-bond acceptors (Lipinski definition) is 4.